The molecule has 2 aromatic carbocycles. The van der Waals surface area contributed by atoms with E-state index < -0.39 is 12.0 Å². The molecule has 5 nitrogen and oxygen atoms in total. The molecule has 10 heteroatoms. The maximum absolute atomic E-state index is 10.8. The van der Waals surface area contributed by atoms with E-state index in [-0.39, 0.29) is 49.2 Å². The quantitative estimate of drug-likeness (QED) is 0.346. The second-order valence-corrected chi connectivity index (χ2v) is 9.50. The van der Waals surface area contributed by atoms with Crippen LogP contribution in [0.4, 0.5) is 0 Å². The largest absolute Gasteiger partial charge is 1.00 e. The molecule has 0 bridgehead atoms. The fourth-order valence-corrected chi connectivity index (χ4v) is 5.71. The standard InChI is InChI=1S/C15H11I4NO4.CH4.Na/c16-8-4-7(5-9(17)13(8)21)24-14-10(18)1-6(2-11(14)19)3-12(20)15(22)23;;/h1-2,4-5,12,21H,3,20H2,(H,22,23);1H4;/q;;+1/p-1/t12-;;/m0../s1. The van der Waals surface area contributed by atoms with Crippen molar-refractivity contribution in [3.63, 3.8) is 0 Å². The van der Waals surface area contributed by atoms with Crippen LogP contribution in [-0.4, -0.2) is 17.1 Å². The van der Waals surface area contributed by atoms with Gasteiger partial charge in [-0.05, 0) is 127 Å². The number of phenolic OH excluding ortho intramolecular Hbond substituents is 1. The van der Waals surface area contributed by atoms with Gasteiger partial charge in [-0.25, -0.2) is 0 Å². The number of nitrogens with two attached hydrogens (primary N) is 1. The van der Waals surface area contributed by atoms with Gasteiger partial charge in [0.1, 0.15) is 11.5 Å². The zero-order chi connectivity index (χ0) is 18.0. The monoisotopic (exact) mass is 815 g/mol. The first kappa shape index (κ1) is 27.4. The molecule has 0 heterocycles. The van der Waals surface area contributed by atoms with Crippen LogP contribution in [0.3, 0.4) is 0 Å². The smallest absolute Gasteiger partial charge is 0.548 e. The number of halogens is 4. The number of benzene rings is 2. The van der Waals surface area contributed by atoms with E-state index in [1.54, 1.807) is 12.1 Å². The van der Waals surface area contributed by atoms with E-state index in [9.17, 15) is 15.0 Å². The molecule has 3 N–H and O–H groups in total. The number of hydrogen-bond donors (Lipinski definition) is 2. The Labute approximate surface area is 229 Å². The summed E-state index contributed by atoms with van der Waals surface area (Å²) >= 11 is 8.37. The first-order chi connectivity index (χ1) is 11.2. The van der Waals surface area contributed by atoms with Crippen LogP contribution in [-0.2, 0) is 11.2 Å². The third kappa shape index (κ3) is 7.33. The summed E-state index contributed by atoms with van der Waals surface area (Å²) in [4.78, 5) is 10.8. The number of carbonyl (C=O) groups excluding carboxylic acids is 1. The predicted molar refractivity (Wildman–Crippen MR) is 129 cm³/mol. The van der Waals surface area contributed by atoms with Crippen molar-refractivity contribution in [2.75, 3.05) is 0 Å². The SMILES string of the molecule is C.N[C@@H](Cc1cc(I)c(Oc2cc(I)c(O)c(I)c2)c(I)c1)C(=O)[O-].[Na+]. The summed E-state index contributed by atoms with van der Waals surface area (Å²) in [6.45, 7) is 0. The summed E-state index contributed by atoms with van der Waals surface area (Å²) in [5, 5.41) is 20.6. The number of rotatable bonds is 5. The van der Waals surface area contributed by atoms with E-state index in [1.807, 2.05) is 57.3 Å². The molecule has 2 aromatic rings. The first-order valence-corrected chi connectivity index (χ1v) is 10.8. The number of ether oxygens (including phenoxy) is 1. The molecule has 2 rings (SSSR count). The maximum atomic E-state index is 10.8. The van der Waals surface area contributed by atoms with E-state index in [1.165, 1.54) is 0 Å². The van der Waals surface area contributed by atoms with Crippen molar-refractivity contribution in [3.8, 4) is 17.2 Å². The third-order valence-corrected chi connectivity index (χ3v) is 6.27. The molecule has 0 radical (unpaired) electrons. The van der Waals surface area contributed by atoms with E-state index in [2.05, 4.69) is 45.2 Å². The van der Waals surface area contributed by atoms with Gasteiger partial charge in [-0.1, -0.05) is 7.43 Å². The van der Waals surface area contributed by atoms with Crippen molar-refractivity contribution in [1.29, 1.82) is 0 Å². The Morgan fingerprint density at radius 2 is 1.54 bits per heavy atom. The molecule has 0 aliphatic carbocycles. The molecule has 0 unspecified atom stereocenters. The minimum absolute atomic E-state index is 0. The first-order valence-electron chi connectivity index (χ1n) is 6.49. The van der Waals surface area contributed by atoms with Crippen LogP contribution in [0.1, 0.15) is 13.0 Å². The summed E-state index contributed by atoms with van der Waals surface area (Å²) in [7, 11) is 0. The molecule has 26 heavy (non-hydrogen) atoms. The van der Waals surface area contributed by atoms with Crippen LogP contribution in [0.25, 0.3) is 0 Å². The van der Waals surface area contributed by atoms with Gasteiger partial charge in [-0.3, -0.25) is 0 Å². The number of phenols is 1. The van der Waals surface area contributed by atoms with Gasteiger partial charge in [0.15, 0.2) is 5.75 Å². The number of carboxylic acids is 1. The molecule has 1 atom stereocenters. The number of carbonyl (C=O) groups is 1. The van der Waals surface area contributed by atoms with Crippen molar-refractivity contribution >= 4 is 96.3 Å². The molecular weight excluding hydrogens is 801 g/mol. The molecule has 136 valence electrons. The molecule has 0 aliphatic heterocycles. The van der Waals surface area contributed by atoms with E-state index >= 15 is 0 Å². The van der Waals surface area contributed by atoms with E-state index in [4.69, 9.17) is 10.5 Å². The van der Waals surface area contributed by atoms with Gasteiger partial charge >= 0.3 is 29.6 Å². The van der Waals surface area contributed by atoms with Crippen LogP contribution in [0.5, 0.6) is 17.2 Å². The minimum Gasteiger partial charge on any atom is -0.548 e. The fourth-order valence-electron chi connectivity index (χ4n) is 1.88. The van der Waals surface area contributed by atoms with Crippen molar-refractivity contribution in [1.82, 2.24) is 0 Å². The van der Waals surface area contributed by atoms with Crippen LogP contribution in [0.15, 0.2) is 24.3 Å². The van der Waals surface area contributed by atoms with Gasteiger partial charge < -0.3 is 25.5 Å². The maximum Gasteiger partial charge on any atom is 1.00 e. The van der Waals surface area contributed by atoms with Crippen LogP contribution in [0.2, 0.25) is 0 Å². The topological polar surface area (TPSA) is 95.6 Å². The van der Waals surface area contributed by atoms with Gasteiger partial charge in [0, 0.05) is 6.04 Å². The van der Waals surface area contributed by atoms with Gasteiger partial charge in [0.05, 0.1) is 20.3 Å². The van der Waals surface area contributed by atoms with Crippen LogP contribution in [0, 0.1) is 14.3 Å². The van der Waals surface area contributed by atoms with Crippen molar-refractivity contribution in [3.05, 3.63) is 44.1 Å². The number of aromatic hydroxyl groups is 1. The van der Waals surface area contributed by atoms with Crippen LogP contribution >= 0.6 is 90.4 Å². The minimum atomic E-state index is -1.27. The molecule has 0 fully saturated rings. The molecular formula is C16H14I4NNaO4. The number of carboxylic acid groups (broad SMARTS) is 1. The average Bonchev–Trinajstić information content (AvgIpc) is 2.48. The Morgan fingerprint density at radius 3 is 1.96 bits per heavy atom. The molecule has 0 saturated heterocycles. The van der Waals surface area contributed by atoms with Gasteiger partial charge in [-0.2, -0.15) is 0 Å². The Kier molecular flexibility index (Phi) is 12.8. The van der Waals surface area contributed by atoms with Gasteiger partial charge in [0.25, 0.3) is 0 Å². The Hall–Kier alpha value is 1.39. The summed E-state index contributed by atoms with van der Waals surface area (Å²) < 4.78 is 9.07. The molecule has 0 amide bonds. The van der Waals surface area contributed by atoms with E-state index in [0.717, 1.165) is 12.7 Å². The summed E-state index contributed by atoms with van der Waals surface area (Å²) in [5.41, 5.74) is 6.34. The van der Waals surface area contributed by atoms with Crippen molar-refractivity contribution < 1.29 is 49.3 Å². The second-order valence-electron chi connectivity index (χ2n) is 4.86. The molecule has 0 saturated carbocycles. The summed E-state index contributed by atoms with van der Waals surface area (Å²) in [6, 6.07) is 6.16. The van der Waals surface area contributed by atoms with Crippen molar-refractivity contribution in [2.24, 2.45) is 5.73 Å². The fraction of sp³-hybridized carbons (Fsp3) is 0.188. The second kappa shape index (κ2) is 12.2. The molecule has 0 spiro atoms. The van der Waals surface area contributed by atoms with E-state index in [0.29, 0.717) is 18.6 Å². The zero-order valence-corrected chi connectivity index (χ0v) is 23.5. The Bertz CT molecular complexity index is 758. The zero-order valence-electron chi connectivity index (χ0n) is 12.9. The number of aliphatic carboxylic acids is 1. The number of hydrogen-bond acceptors (Lipinski definition) is 5. The Balaban J connectivity index is 0.00000312. The third-order valence-electron chi connectivity index (χ3n) is 3.03. The van der Waals surface area contributed by atoms with Gasteiger partial charge in [-0.15, -0.1) is 0 Å². The normalized spacial score (nSPS) is 11.1. The van der Waals surface area contributed by atoms with Crippen LogP contribution < -0.4 is 45.1 Å². The molecule has 0 aliphatic rings. The van der Waals surface area contributed by atoms with Gasteiger partial charge in [0.2, 0.25) is 0 Å². The molecule has 0 aromatic heterocycles. The Morgan fingerprint density at radius 1 is 1.08 bits per heavy atom. The summed E-state index contributed by atoms with van der Waals surface area (Å²) in [5.74, 6) is 0.268. The predicted octanol–water partition coefficient (Wildman–Crippen LogP) is 0.863. The summed E-state index contributed by atoms with van der Waals surface area (Å²) in [6.07, 6.45) is 0.198. The van der Waals surface area contributed by atoms with Crippen molar-refractivity contribution in [2.45, 2.75) is 19.9 Å². The average molecular weight is 815 g/mol.